The molecule has 1 aliphatic carbocycles. The number of nitriles is 4. The van der Waals surface area contributed by atoms with Crippen molar-refractivity contribution in [2.75, 3.05) is 0 Å². The van der Waals surface area contributed by atoms with Gasteiger partial charge in [0.05, 0.1) is 63.3 Å². The molecule has 10 rings (SSSR count). The van der Waals surface area contributed by atoms with Crippen molar-refractivity contribution < 1.29 is 0 Å². The van der Waals surface area contributed by atoms with Gasteiger partial charge in [0.1, 0.15) is 0 Å². The van der Waals surface area contributed by atoms with Crippen LogP contribution in [0.5, 0.6) is 0 Å². The molecule has 0 unspecified atom stereocenters. The fraction of sp³-hybridized carbons (Fsp3) is 0.0517. The minimum atomic E-state index is -0.346. The van der Waals surface area contributed by atoms with Gasteiger partial charge in [-0.1, -0.05) is 136 Å². The molecule has 66 heavy (non-hydrogen) atoms. The molecule has 0 amide bonds. The molecule has 0 spiro atoms. The molecular weight excluding hydrogens is 809 g/mol. The summed E-state index contributed by atoms with van der Waals surface area (Å²) in [5.41, 5.74) is 12.0. The molecule has 308 valence electrons. The van der Waals surface area contributed by atoms with E-state index >= 15 is 0 Å². The topological polar surface area (TPSA) is 139 Å². The summed E-state index contributed by atoms with van der Waals surface area (Å²) in [6, 6.07) is 58.7. The van der Waals surface area contributed by atoms with Crippen LogP contribution >= 0.6 is 0 Å². The number of fused-ring (bicyclic) bond motifs is 7. The summed E-state index contributed by atoms with van der Waals surface area (Å²) in [6.45, 7) is 8.35. The fourth-order valence-electron chi connectivity index (χ4n) is 9.37. The highest BCUT2D eigenvalue weighted by molar-refractivity contribution is 6.15. The first-order valence-electron chi connectivity index (χ1n) is 21.3. The Morgan fingerprint density at radius 2 is 1.15 bits per heavy atom. The van der Waals surface area contributed by atoms with Crippen LogP contribution in [0.4, 0.5) is 0 Å². The molecule has 8 nitrogen and oxygen atoms in total. The molecule has 0 saturated heterocycles. The van der Waals surface area contributed by atoms with Crippen molar-refractivity contribution in [3.63, 3.8) is 0 Å². The van der Waals surface area contributed by atoms with E-state index in [1.165, 1.54) is 34.4 Å². The van der Waals surface area contributed by atoms with Crippen LogP contribution in [-0.4, -0.2) is 19.5 Å². The van der Waals surface area contributed by atoms with E-state index in [-0.39, 0.29) is 16.6 Å². The average Bonchev–Trinajstić information content (AvgIpc) is 3.82. The molecule has 2 heterocycles. The monoisotopic (exact) mass is 844 g/mol. The average molecular weight is 845 g/mol. The quantitative estimate of drug-likeness (QED) is 0.110. The number of benzene rings is 7. The number of para-hydroxylation sites is 1. The van der Waals surface area contributed by atoms with Crippen molar-refractivity contribution in [1.82, 2.24) is 19.5 Å². The SMILES string of the molecule is C=C/C(C#N)=C\C(C#N)=C/c1cc(-c2nc(-c3ccccc3)nc(-c3ccccc3)n2)cc(-c2cc(C#N)cc(C#N)c2)c1-n1c2ccccc2c2c3c(ccc21)-c1ccccc1C3(C)C. The van der Waals surface area contributed by atoms with Crippen LogP contribution in [0, 0.1) is 45.3 Å². The van der Waals surface area contributed by atoms with Crippen LogP contribution in [-0.2, 0) is 5.41 Å². The Morgan fingerprint density at radius 1 is 0.561 bits per heavy atom. The predicted molar refractivity (Wildman–Crippen MR) is 260 cm³/mol. The van der Waals surface area contributed by atoms with Crippen molar-refractivity contribution in [3.8, 4) is 86.4 Å². The van der Waals surface area contributed by atoms with Gasteiger partial charge < -0.3 is 4.57 Å². The first-order chi connectivity index (χ1) is 32.2. The Labute approximate surface area is 381 Å². The smallest absolute Gasteiger partial charge is 0.164 e. The van der Waals surface area contributed by atoms with Gasteiger partial charge in [-0.05, 0) is 82.4 Å². The van der Waals surface area contributed by atoms with Crippen LogP contribution in [0.3, 0.4) is 0 Å². The third-order valence-electron chi connectivity index (χ3n) is 12.3. The number of allylic oxidation sites excluding steroid dienone is 4. The molecule has 2 aromatic heterocycles. The van der Waals surface area contributed by atoms with Crippen LogP contribution in [0.15, 0.2) is 182 Å². The first-order valence-corrected chi connectivity index (χ1v) is 21.3. The number of hydrogen-bond acceptors (Lipinski definition) is 7. The van der Waals surface area contributed by atoms with Gasteiger partial charge in [0.2, 0.25) is 0 Å². The Hall–Kier alpha value is -9.47. The van der Waals surface area contributed by atoms with Crippen LogP contribution in [0.25, 0.3) is 90.0 Å². The molecule has 0 fully saturated rings. The third kappa shape index (κ3) is 6.81. The van der Waals surface area contributed by atoms with Gasteiger partial charge in [-0.15, -0.1) is 0 Å². The molecule has 1 aliphatic rings. The zero-order chi connectivity index (χ0) is 45.5. The minimum absolute atomic E-state index is 0.197. The lowest BCUT2D eigenvalue weighted by atomic mass is 9.80. The zero-order valence-electron chi connectivity index (χ0n) is 36.0. The maximum absolute atomic E-state index is 10.8. The van der Waals surface area contributed by atoms with E-state index in [2.05, 4.69) is 97.8 Å². The number of nitrogens with zero attached hydrogens (tertiary/aromatic N) is 8. The normalized spacial score (nSPS) is 12.7. The predicted octanol–water partition coefficient (Wildman–Crippen LogP) is 13.2. The molecule has 0 N–H and O–H groups in total. The van der Waals surface area contributed by atoms with E-state index in [0.717, 1.165) is 32.9 Å². The Bertz CT molecular complexity index is 3640. The maximum Gasteiger partial charge on any atom is 0.164 e. The molecule has 7 aromatic carbocycles. The zero-order valence-corrected chi connectivity index (χ0v) is 36.0. The van der Waals surface area contributed by atoms with Gasteiger partial charge in [0.15, 0.2) is 17.5 Å². The molecule has 0 bridgehead atoms. The van der Waals surface area contributed by atoms with E-state index in [0.29, 0.717) is 56.5 Å². The van der Waals surface area contributed by atoms with E-state index in [1.54, 1.807) is 24.3 Å². The fourth-order valence-corrected chi connectivity index (χ4v) is 9.37. The lowest BCUT2D eigenvalue weighted by molar-refractivity contribution is 0.666. The first kappa shape index (κ1) is 40.6. The molecule has 9 aromatic rings. The van der Waals surface area contributed by atoms with Crippen molar-refractivity contribution in [1.29, 1.82) is 21.0 Å². The molecule has 0 saturated carbocycles. The van der Waals surface area contributed by atoms with Crippen molar-refractivity contribution in [2.45, 2.75) is 19.3 Å². The van der Waals surface area contributed by atoms with Crippen molar-refractivity contribution >= 4 is 27.9 Å². The standard InChI is InChI=1S/C58H36N8/c1-4-36(32-59)25-37(33-60)29-43-30-44(57-64-55(40-15-7-5-8-16-40)63-56(65-57)41-17-9-6-10-18-41)31-48(42-27-38(34-61)26-39(28-42)35-62)54(43)66-50-22-14-12-20-47(50)52-51(66)24-23-46-45-19-11-13-21-49(45)58(2,3)53(46)52/h4-31H,1H2,2-3H3/b36-25+,37-29+. The van der Waals surface area contributed by atoms with Gasteiger partial charge in [0.25, 0.3) is 0 Å². The summed E-state index contributed by atoms with van der Waals surface area (Å²) >= 11 is 0. The lowest BCUT2D eigenvalue weighted by Crippen LogP contribution is -2.15. The van der Waals surface area contributed by atoms with E-state index in [1.807, 2.05) is 84.9 Å². The van der Waals surface area contributed by atoms with Gasteiger partial charge in [-0.25, -0.2) is 15.0 Å². The Morgan fingerprint density at radius 3 is 1.77 bits per heavy atom. The van der Waals surface area contributed by atoms with Crippen LogP contribution in [0.2, 0.25) is 0 Å². The minimum Gasteiger partial charge on any atom is -0.308 e. The van der Waals surface area contributed by atoms with Gasteiger partial charge in [-0.3, -0.25) is 0 Å². The highest BCUT2D eigenvalue weighted by atomic mass is 15.0. The second-order valence-electron chi connectivity index (χ2n) is 16.6. The summed E-state index contributed by atoms with van der Waals surface area (Å²) < 4.78 is 2.22. The molecule has 0 radical (unpaired) electrons. The third-order valence-corrected chi connectivity index (χ3v) is 12.3. The molecule has 0 aliphatic heterocycles. The highest BCUT2D eigenvalue weighted by Gasteiger charge is 2.38. The van der Waals surface area contributed by atoms with E-state index in [4.69, 9.17) is 15.0 Å². The van der Waals surface area contributed by atoms with Gasteiger partial charge >= 0.3 is 0 Å². The summed E-state index contributed by atoms with van der Waals surface area (Å²) in [6.07, 6.45) is 4.68. The molecule has 0 atom stereocenters. The van der Waals surface area contributed by atoms with Gasteiger partial charge in [0, 0.05) is 44.0 Å². The van der Waals surface area contributed by atoms with Crippen molar-refractivity contribution in [3.05, 3.63) is 209 Å². The summed E-state index contributed by atoms with van der Waals surface area (Å²) in [5, 5.41) is 43.6. The second kappa shape index (κ2) is 16.3. The second-order valence-corrected chi connectivity index (χ2v) is 16.6. The Kier molecular flexibility index (Phi) is 10.0. The largest absolute Gasteiger partial charge is 0.308 e. The number of rotatable bonds is 8. The molecule has 8 heteroatoms. The van der Waals surface area contributed by atoms with Gasteiger partial charge in [-0.2, -0.15) is 21.0 Å². The van der Waals surface area contributed by atoms with E-state index < -0.39 is 0 Å². The number of aromatic nitrogens is 4. The van der Waals surface area contributed by atoms with Crippen LogP contribution in [0.1, 0.15) is 41.7 Å². The summed E-state index contributed by atoms with van der Waals surface area (Å²) in [4.78, 5) is 15.1. The van der Waals surface area contributed by atoms with E-state index in [9.17, 15) is 21.0 Å². The maximum atomic E-state index is 10.8. The van der Waals surface area contributed by atoms with Crippen molar-refractivity contribution in [2.24, 2.45) is 0 Å². The lowest BCUT2D eigenvalue weighted by Gasteiger charge is -2.23. The number of hydrogen-bond donors (Lipinski definition) is 0. The highest BCUT2D eigenvalue weighted by Crippen LogP contribution is 2.54. The van der Waals surface area contributed by atoms with Crippen LogP contribution < -0.4 is 0 Å². The summed E-state index contributed by atoms with van der Waals surface area (Å²) in [5.74, 6) is 1.29. The Balaban J connectivity index is 1.38. The molecular formula is C58H36N8. The summed E-state index contributed by atoms with van der Waals surface area (Å²) in [7, 11) is 0.